The van der Waals surface area contributed by atoms with Gasteiger partial charge in [-0.05, 0) is 24.2 Å². The Bertz CT molecular complexity index is 954. The summed E-state index contributed by atoms with van der Waals surface area (Å²) in [4.78, 5) is 24.9. The summed E-state index contributed by atoms with van der Waals surface area (Å²) in [5.41, 5.74) is -1.29. The quantitative estimate of drug-likeness (QED) is 0.669. The Hall–Kier alpha value is -2.29. The lowest BCUT2D eigenvalue weighted by Crippen LogP contribution is -2.43. The lowest BCUT2D eigenvalue weighted by molar-refractivity contribution is -0.128. The van der Waals surface area contributed by atoms with Gasteiger partial charge in [-0.2, -0.15) is 0 Å². The van der Waals surface area contributed by atoms with Crippen LogP contribution in [0.15, 0.2) is 12.1 Å². The van der Waals surface area contributed by atoms with E-state index in [0.29, 0.717) is 12.8 Å². The predicted octanol–water partition coefficient (Wildman–Crippen LogP) is 2.63. The van der Waals surface area contributed by atoms with Gasteiger partial charge >= 0.3 is 5.97 Å². The van der Waals surface area contributed by atoms with Crippen LogP contribution < -0.4 is 14.2 Å². The van der Waals surface area contributed by atoms with Crippen molar-refractivity contribution in [2.24, 2.45) is 16.7 Å². The highest BCUT2D eigenvalue weighted by atomic mass is 32.2. The Morgan fingerprint density at radius 2 is 1.79 bits per heavy atom. The van der Waals surface area contributed by atoms with Gasteiger partial charge in [0.05, 0.1) is 43.7 Å². The van der Waals surface area contributed by atoms with Crippen LogP contribution in [0.3, 0.4) is 0 Å². The molecule has 2 atom stereocenters. The third-order valence-electron chi connectivity index (χ3n) is 6.77. The van der Waals surface area contributed by atoms with E-state index in [9.17, 15) is 18.0 Å². The number of sulfonamides is 1. The number of methoxy groups -OCH3 is 3. The van der Waals surface area contributed by atoms with Gasteiger partial charge in [0.1, 0.15) is 5.78 Å². The van der Waals surface area contributed by atoms with Crippen LogP contribution in [0, 0.1) is 16.7 Å². The van der Waals surface area contributed by atoms with Crippen LogP contribution in [-0.2, 0) is 19.6 Å². The minimum absolute atomic E-state index is 0.00429. The Morgan fingerprint density at radius 3 is 2.28 bits per heavy atom. The molecular weight excluding hydrogens is 398 g/mol. The average molecular weight is 426 g/mol. The molecule has 2 bridgehead atoms. The smallest absolute Gasteiger partial charge is 0.340 e. The van der Waals surface area contributed by atoms with Crippen LogP contribution >= 0.6 is 0 Å². The third-order valence-corrected chi connectivity index (χ3v) is 8.17. The van der Waals surface area contributed by atoms with E-state index >= 15 is 0 Å². The molecule has 2 saturated carbocycles. The first-order valence-electron chi connectivity index (χ1n) is 9.39. The molecular formula is C20H27NO7S. The molecule has 0 radical (unpaired) electrons. The summed E-state index contributed by atoms with van der Waals surface area (Å²) in [5, 5.41) is 0. The summed E-state index contributed by atoms with van der Waals surface area (Å²) in [6.07, 6.45) is 1.82. The fraction of sp³-hybridized carbons (Fsp3) is 0.600. The highest BCUT2D eigenvalue weighted by Crippen LogP contribution is 2.64. The number of carbonyl (C=O) groups is 2. The zero-order valence-electron chi connectivity index (χ0n) is 17.3. The summed E-state index contributed by atoms with van der Waals surface area (Å²) in [6, 6.07) is 2.73. The number of Topliss-reactive ketones (excluding diaryl/α,β-unsaturated/α-hetero) is 1. The summed E-state index contributed by atoms with van der Waals surface area (Å²) in [5.74, 6) is -0.312. The van der Waals surface area contributed by atoms with Gasteiger partial charge in [-0.15, -0.1) is 0 Å². The van der Waals surface area contributed by atoms with Gasteiger partial charge in [0.15, 0.2) is 11.5 Å². The van der Waals surface area contributed by atoms with Crippen molar-refractivity contribution < 1.29 is 32.2 Å². The monoisotopic (exact) mass is 425 g/mol. The van der Waals surface area contributed by atoms with Gasteiger partial charge in [-0.1, -0.05) is 13.8 Å². The Morgan fingerprint density at radius 1 is 1.17 bits per heavy atom. The largest absolute Gasteiger partial charge is 0.493 e. The first-order valence-corrected chi connectivity index (χ1v) is 11.0. The Balaban J connectivity index is 1.98. The first-order chi connectivity index (χ1) is 13.5. The van der Waals surface area contributed by atoms with Gasteiger partial charge in [0.25, 0.3) is 0 Å². The number of benzene rings is 1. The van der Waals surface area contributed by atoms with Crippen molar-refractivity contribution in [3.8, 4) is 11.5 Å². The molecule has 160 valence electrons. The molecule has 2 aliphatic carbocycles. The molecule has 0 aliphatic heterocycles. The minimum Gasteiger partial charge on any atom is -0.493 e. The van der Waals surface area contributed by atoms with Crippen LogP contribution in [0.5, 0.6) is 11.5 Å². The molecule has 0 unspecified atom stereocenters. The molecule has 1 aromatic rings. The predicted molar refractivity (Wildman–Crippen MR) is 107 cm³/mol. The Kier molecular flexibility index (Phi) is 5.31. The second kappa shape index (κ2) is 7.19. The van der Waals surface area contributed by atoms with Crippen LogP contribution in [0.4, 0.5) is 5.69 Å². The lowest BCUT2D eigenvalue weighted by Gasteiger charge is -2.36. The van der Waals surface area contributed by atoms with Crippen molar-refractivity contribution in [1.29, 1.82) is 0 Å². The van der Waals surface area contributed by atoms with Gasteiger partial charge in [0, 0.05) is 18.6 Å². The SMILES string of the molecule is COC(=O)c1cc(OC)c(OC)cc1NS(=O)(=O)C[C@@]12CC[C@H](CC1=O)C2(C)C. The second-order valence-corrected chi connectivity index (χ2v) is 9.99. The number of ether oxygens (including phenoxy) is 3. The summed E-state index contributed by atoms with van der Waals surface area (Å²) < 4.78 is 43.9. The number of ketones is 1. The molecule has 0 aromatic heterocycles. The highest BCUT2D eigenvalue weighted by molar-refractivity contribution is 7.92. The van der Waals surface area contributed by atoms with Crippen molar-refractivity contribution >= 4 is 27.5 Å². The van der Waals surface area contributed by atoms with Crippen LogP contribution in [-0.4, -0.2) is 47.3 Å². The molecule has 0 saturated heterocycles. The van der Waals surface area contributed by atoms with Crippen molar-refractivity contribution in [1.82, 2.24) is 0 Å². The van der Waals surface area contributed by atoms with E-state index in [1.54, 1.807) is 0 Å². The fourth-order valence-corrected chi connectivity index (χ4v) is 6.78. The number of fused-ring (bicyclic) bond motifs is 2. The van der Waals surface area contributed by atoms with Gasteiger partial charge in [0.2, 0.25) is 10.0 Å². The van der Waals surface area contributed by atoms with Crippen LogP contribution in [0.2, 0.25) is 0 Å². The highest BCUT2D eigenvalue weighted by Gasteiger charge is 2.65. The molecule has 2 fully saturated rings. The lowest BCUT2D eigenvalue weighted by atomic mass is 9.70. The number of anilines is 1. The molecule has 0 spiro atoms. The van der Waals surface area contributed by atoms with E-state index < -0.39 is 21.4 Å². The number of hydrogen-bond donors (Lipinski definition) is 1. The van der Waals surface area contributed by atoms with E-state index in [2.05, 4.69) is 4.72 Å². The maximum Gasteiger partial charge on any atom is 0.340 e. The number of esters is 1. The third kappa shape index (κ3) is 3.35. The maximum absolute atomic E-state index is 13.1. The first kappa shape index (κ1) is 21.4. The van der Waals surface area contributed by atoms with Crippen molar-refractivity contribution in [2.45, 2.75) is 33.1 Å². The van der Waals surface area contributed by atoms with E-state index in [4.69, 9.17) is 14.2 Å². The van der Waals surface area contributed by atoms with E-state index in [0.717, 1.165) is 6.42 Å². The molecule has 1 aromatic carbocycles. The number of rotatable bonds is 7. The maximum atomic E-state index is 13.1. The number of carbonyl (C=O) groups excluding carboxylic acids is 2. The molecule has 2 aliphatic rings. The normalized spacial score (nSPS) is 25.0. The van der Waals surface area contributed by atoms with Gasteiger partial charge in [-0.3, -0.25) is 9.52 Å². The zero-order valence-corrected chi connectivity index (χ0v) is 18.1. The molecule has 0 amide bonds. The number of nitrogens with one attached hydrogen (secondary N) is 1. The molecule has 9 heteroatoms. The van der Waals surface area contributed by atoms with Crippen LogP contribution in [0.1, 0.15) is 43.5 Å². The van der Waals surface area contributed by atoms with E-state index in [1.807, 2.05) is 13.8 Å². The van der Waals surface area contributed by atoms with Crippen molar-refractivity contribution in [3.05, 3.63) is 17.7 Å². The van der Waals surface area contributed by atoms with E-state index in [-0.39, 0.29) is 45.6 Å². The molecule has 29 heavy (non-hydrogen) atoms. The van der Waals surface area contributed by atoms with Crippen molar-refractivity contribution in [2.75, 3.05) is 31.8 Å². The standard InChI is InChI=1S/C20H27NO7S/c1-19(2)12-6-7-20(19,17(22)8-12)11-29(24,25)21-14-10-16(27-4)15(26-3)9-13(14)18(23)28-5/h9-10,12,21H,6-8,11H2,1-5H3/t12-,20+/m1/s1. The van der Waals surface area contributed by atoms with Gasteiger partial charge < -0.3 is 14.2 Å². The summed E-state index contributed by atoms with van der Waals surface area (Å²) in [7, 11) is 0.0704. The molecule has 0 heterocycles. The van der Waals surface area contributed by atoms with Gasteiger partial charge in [-0.25, -0.2) is 13.2 Å². The molecule has 3 rings (SSSR count). The zero-order chi connectivity index (χ0) is 21.6. The average Bonchev–Trinajstić information content (AvgIpc) is 3.00. The van der Waals surface area contributed by atoms with Crippen molar-refractivity contribution in [3.63, 3.8) is 0 Å². The second-order valence-electron chi connectivity index (χ2n) is 8.27. The Labute approximate surface area is 171 Å². The number of hydrogen-bond acceptors (Lipinski definition) is 7. The topological polar surface area (TPSA) is 108 Å². The van der Waals surface area contributed by atoms with E-state index in [1.165, 1.54) is 33.5 Å². The molecule has 1 N–H and O–H groups in total. The molecule has 8 nitrogen and oxygen atoms in total. The fourth-order valence-electron chi connectivity index (χ4n) is 4.88. The van der Waals surface area contributed by atoms with Crippen LogP contribution in [0.25, 0.3) is 0 Å². The summed E-state index contributed by atoms with van der Waals surface area (Å²) >= 11 is 0. The summed E-state index contributed by atoms with van der Waals surface area (Å²) in [6.45, 7) is 3.95. The minimum atomic E-state index is -3.95.